The maximum atomic E-state index is 13.4. The molecule has 0 atom stereocenters. The minimum Gasteiger partial charge on any atom is -0.744 e. The second-order valence-corrected chi connectivity index (χ2v) is 10.1. The number of hydrogen-bond acceptors (Lipinski definition) is 8. The molecular formula is C28H20N3NaO6S. The summed E-state index contributed by atoms with van der Waals surface area (Å²) in [7, 11) is -5.06. The predicted octanol–water partition coefficient (Wildman–Crippen LogP) is 1.32. The van der Waals surface area contributed by atoms with E-state index in [1.54, 1.807) is 48.5 Å². The third-order valence-electron chi connectivity index (χ3n) is 6.17. The molecule has 190 valence electrons. The van der Waals surface area contributed by atoms with E-state index in [9.17, 15) is 27.4 Å². The summed E-state index contributed by atoms with van der Waals surface area (Å²) in [5.74, 6) is -1.33. The molecule has 4 N–H and O–H groups in total. The molecule has 0 spiro atoms. The Morgan fingerprint density at radius 1 is 0.795 bits per heavy atom. The quantitative estimate of drug-likeness (QED) is 0.168. The second kappa shape index (κ2) is 10.8. The Bertz CT molecular complexity index is 1750. The molecule has 0 saturated heterocycles. The molecule has 1 aliphatic carbocycles. The SMILES string of the molecule is CC(=O)Nc1ccc(-c2ccc(Nc3cc(S(=O)(=O)[O-])c(N)c4c3C(=O)c3ccccc3C4=O)cc2)cc1.[Na+]. The van der Waals surface area contributed by atoms with Gasteiger partial charge in [0.25, 0.3) is 0 Å². The fourth-order valence-corrected chi connectivity index (χ4v) is 5.08. The van der Waals surface area contributed by atoms with Gasteiger partial charge in [0.1, 0.15) is 10.1 Å². The van der Waals surface area contributed by atoms with E-state index < -0.39 is 32.3 Å². The maximum absolute atomic E-state index is 13.4. The summed E-state index contributed by atoms with van der Waals surface area (Å²) in [6.45, 7) is 1.43. The van der Waals surface area contributed by atoms with Gasteiger partial charge in [-0.15, -0.1) is 0 Å². The van der Waals surface area contributed by atoms with Crippen LogP contribution in [0.15, 0.2) is 83.8 Å². The maximum Gasteiger partial charge on any atom is 1.00 e. The van der Waals surface area contributed by atoms with Crippen molar-refractivity contribution >= 4 is 50.3 Å². The Morgan fingerprint density at radius 2 is 1.28 bits per heavy atom. The van der Waals surface area contributed by atoms with Gasteiger partial charge < -0.3 is 20.9 Å². The van der Waals surface area contributed by atoms with Crippen molar-refractivity contribution in [2.24, 2.45) is 0 Å². The van der Waals surface area contributed by atoms with E-state index in [-0.39, 0.29) is 63.4 Å². The Balaban J connectivity index is 0.00000353. The van der Waals surface area contributed by atoms with Crippen LogP contribution < -0.4 is 45.9 Å². The van der Waals surface area contributed by atoms with Crippen LogP contribution >= 0.6 is 0 Å². The average molecular weight is 550 g/mol. The van der Waals surface area contributed by atoms with Gasteiger partial charge in [-0.05, 0) is 41.5 Å². The van der Waals surface area contributed by atoms with Crippen molar-refractivity contribution in [2.45, 2.75) is 11.8 Å². The molecule has 0 heterocycles. The van der Waals surface area contributed by atoms with Crippen molar-refractivity contribution in [3.05, 3.63) is 101 Å². The molecule has 0 aromatic heterocycles. The summed E-state index contributed by atoms with van der Waals surface area (Å²) in [6, 6.07) is 21.4. The first-order valence-electron chi connectivity index (χ1n) is 11.4. The first kappa shape index (κ1) is 28.2. The number of ketones is 2. The van der Waals surface area contributed by atoms with Crippen molar-refractivity contribution in [2.75, 3.05) is 16.4 Å². The fourth-order valence-electron chi connectivity index (χ4n) is 4.45. The molecule has 0 aliphatic heterocycles. The minimum atomic E-state index is -5.06. The van der Waals surface area contributed by atoms with Gasteiger partial charge in [0.2, 0.25) is 5.91 Å². The van der Waals surface area contributed by atoms with Crippen LogP contribution in [0.1, 0.15) is 38.8 Å². The molecule has 5 rings (SSSR count). The molecule has 0 bridgehead atoms. The van der Waals surface area contributed by atoms with Gasteiger partial charge in [0.15, 0.2) is 11.6 Å². The van der Waals surface area contributed by atoms with Gasteiger partial charge in [-0.1, -0.05) is 48.5 Å². The number of anilines is 4. The Hall–Kier alpha value is -3.80. The van der Waals surface area contributed by atoms with E-state index in [4.69, 9.17) is 5.73 Å². The topological polar surface area (TPSA) is 158 Å². The summed E-state index contributed by atoms with van der Waals surface area (Å²) < 4.78 is 35.9. The van der Waals surface area contributed by atoms with E-state index in [0.29, 0.717) is 11.4 Å². The zero-order valence-electron chi connectivity index (χ0n) is 20.9. The number of nitrogen functional groups attached to an aromatic ring is 1. The van der Waals surface area contributed by atoms with Crippen LogP contribution in [0.2, 0.25) is 0 Å². The number of benzene rings is 4. The second-order valence-electron chi connectivity index (χ2n) is 8.70. The summed E-state index contributed by atoms with van der Waals surface area (Å²) in [5.41, 5.74) is 8.10. The molecule has 4 aromatic carbocycles. The van der Waals surface area contributed by atoms with Crippen LogP contribution in [0.5, 0.6) is 0 Å². The van der Waals surface area contributed by atoms with Gasteiger partial charge >= 0.3 is 29.6 Å². The standard InChI is InChI=1S/C28H21N3O6S.Na/c1-15(32)30-18-10-6-16(7-11-18)17-8-12-19(13-9-17)31-22-14-23(38(35,36)37)26(29)25-24(22)27(33)20-4-2-3-5-21(20)28(25)34;/h2-14,31H,29H2,1H3,(H,30,32)(H,35,36,37);/q;+1/p-1. The summed E-state index contributed by atoms with van der Waals surface area (Å²) >= 11 is 0. The van der Waals surface area contributed by atoms with Gasteiger partial charge in [0, 0.05) is 29.4 Å². The number of rotatable bonds is 5. The Labute approximate surface area is 246 Å². The molecule has 9 nitrogen and oxygen atoms in total. The molecule has 1 amide bonds. The van der Waals surface area contributed by atoms with E-state index >= 15 is 0 Å². The normalized spacial score (nSPS) is 12.2. The molecule has 11 heteroatoms. The number of nitrogens with one attached hydrogen (secondary N) is 2. The van der Waals surface area contributed by atoms with Gasteiger partial charge in [-0.3, -0.25) is 14.4 Å². The largest absolute Gasteiger partial charge is 1.00 e. The van der Waals surface area contributed by atoms with Crippen molar-refractivity contribution in [3.8, 4) is 11.1 Å². The zero-order chi connectivity index (χ0) is 27.2. The number of carbonyl (C=O) groups excluding carboxylic acids is 3. The number of amides is 1. The Morgan fingerprint density at radius 3 is 1.77 bits per heavy atom. The van der Waals surface area contributed by atoms with Crippen molar-refractivity contribution in [3.63, 3.8) is 0 Å². The number of hydrogen-bond donors (Lipinski definition) is 3. The molecule has 4 aromatic rings. The van der Waals surface area contributed by atoms with Crippen LogP contribution in [0.3, 0.4) is 0 Å². The van der Waals surface area contributed by atoms with E-state index in [1.807, 2.05) is 12.1 Å². The molecule has 0 saturated carbocycles. The predicted molar refractivity (Wildman–Crippen MR) is 142 cm³/mol. The van der Waals surface area contributed by atoms with Crippen molar-refractivity contribution < 1.29 is 56.9 Å². The summed E-state index contributed by atoms with van der Waals surface area (Å²) in [4.78, 5) is 37.1. The first-order chi connectivity index (χ1) is 18.0. The molecule has 1 aliphatic rings. The van der Waals surface area contributed by atoms with Gasteiger partial charge in [0.05, 0.1) is 27.4 Å². The summed E-state index contributed by atoms with van der Waals surface area (Å²) in [6.07, 6.45) is 0. The molecule has 0 unspecified atom stereocenters. The minimum absolute atomic E-state index is 0. The smallest absolute Gasteiger partial charge is 0.744 e. The van der Waals surface area contributed by atoms with Crippen molar-refractivity contribution in [1.82, 2.24) is 0 Å². The van der Waals surface area contributed by atoms with E-state index in [1.165, 1.54) is 19.1 Å². The van der Waals surface area contributed by atoms with Crippen LogP contribution in [0, 0.1) is 0 Å². The van der Waals surface area contributed by atoms with Gasteiger partial charge in [-0.2, -0.15) is 0 Å². The zero-order valence-corrected chi connectivity index (χ0v) is 23.8. The van der Waals surface area contributed by atoms with Crippen LogP contribution in [0.4, 0.5) is 22.7 Å². The molecular weight excluding hydrogens is 529 g/mol. The fraction of sp³-hybridized carbons (Fsp3) is 0.0357. The third-order valence-corrected chi connectivity index (χ3v) is 7.05. The monoisotopic (exact) mass is 549 g/mol. The number of carbonyl (C=O) groups is 3. The average Bonchev–Trinajstić information content (AvgIpc) is 2.88. The van der Waals surface area contributed by atoms with E-state index in [2.05, 4.69) is 10.6 Å². The van der Waals surface area contributed by atoms with Crippen molar-refractivity contribution in [1.29, 1.82) is 0 Å². The summed E-state index contributed by atoms with van der Waals surface area (Å²) in [5, 5.41) is 5.69. The van der Waals surface area contributed by atoms with Crippen LogP contribution in [0.25, 0.3) is 11.1 Å². The third kappa shape index (κ3) is 5.38. The molecule has 0 fully saturated rings. The first-order valence-corrected chi connectivity index (χ1v) is 12.8. The molecule has 0 radical (unpaired) electrons. The van der Waals surface area contributed by atoms with Crippen LogP contribution in [-0.2, 0) is 14.9 Å². The molecule has 39 heavy (non-hydrogen) atoms. The van der Waals surface area contributed by atoms with Crippen LogP contribution in [-0.4, -0.2) is 30.4 Å². The number of fused-ring (bicyclic) bond motifs is 2. The van der Waals surface area contributed by atoms with Gasteiger partial charge in [-0.25, -0.2) is 8.42 Å². The number of nitrogens with two attached hydrogens (primary N) is 1. The van der Waals surface area contributed by atoms with E-state index in [0.717, 1.165) is 17.2 Å². The Kier molecular flexibility index (Phi) is 7.78.